The summed E-state index contributed by atoms with van der Waals surface area (Å²) in [6.45, 7) is 0. The van der Waals surface area contributed by atoms with Gasteiger partial charge in [-0.25, -0.2) is 9.99 Å². The first-order valence-corrected chi connectivity index (χ1v) is 9.53. The maximum Gasteiger partial charge on any atom is 0.573 e. The topological polar surface area (TPSA) is 83.9 Å². The molecule has 0 saturated heterocycles. The van der Waals surface area contributed by atoms with E-state index in [2.05, 4.69) is 20.1 Å². The monoisotopic (exact) mass is 434 g/mol. The molecule has 7 nitrogen and oxygen atoms in total. The Balaban J connectivity index is 1.53. The fourth-order valence-electron chi connectivity index (χ4n) is 2.81. The number of halogens is 3. The number of nitrogens with zero attached hydrogens (tertiary/aromatic N) is 3. The molecule has 2 aromatic carbocycles. The first-order valence-electron chi connectivity index (χ1n) is 8.72. The summed E-state index contributed by atoms with van der Waals surface area (Å²) in [5, 5.41) is 8.13. The van der Waals surface area contributed by atoms with Crippen LogP contribution in [0.5, 0.6) is 5.75 Å². The molecule has 11 heteroatoms. The average molecular weight is 434 g/mol. The van der Waals surface area contributed by atoms with Crippen molar-refractivity contribution in [2.45, 2.75) is 19.2 Å². The number of rotatable bonds is 4. The molecule has 0 spiro atoms. The van der Waals surface area contributed by atoms with Crippen molar-refractivity contribution >= 4 is 49.9 Å². The van der Waals surface area contributed by atoms with E-state index in [1.165, 1.54) is 17.1 Å². The fourth-order valence-corrected chi connectivity index (χ4v) is 3.70. The van der Waals surface area contributed by atoms with Crippen LogP contribution >= 0.6 is 11.3 Å². The molecule has 30 heavy (non-hydrogen) atoms. The summed E-state index contributed by atoms with van der Waals surface area (Å²) in [6, 6.07) is 12.4. The van der Waals surface area contributed by atoms with Crippen LogP contribution in [-0.2, 0) is 9.59 Å². The highest BCUT2D eigenvalue weighted by Gasteiger charge is 2.31. The van der Waals surface area contributed by atoms with Crippen LogP contribution < -0.4 is 15.1 Å². The van der Waals surface area contributed by atoms with E-state index in [-0.39, 0.29) is 35.3 Å². The lowest BCUT2D eigenvalue weighted by atomic mass is 10.1. The molecule has 0 radical (unpaired) electrons. The smallest absolute Gasteiger partial charge is 0.406 e. The van der Waals surface area contributed by atoms with Crippen molar-refractivity contribution in [1.29, 1.82) is 0 Å². The van der Waals surface area contributed by atoms with Crippen LogP contribution in [0.2, 0.25) is 0 Å². The predicted molar refractivity (Wildman–Crippen MR) is 106 cm³/mol. The number of benzene rings is 2. The van der Waals surface area contributed by atoms with Gasteiger partial charge < -0.3 is 4.74 Å². The Morgan fingerprint density at radius 3 is 2.63 bits per heavy atom. The lowest BCUT2D eigenvalue weighted by molar-refractivity contribution is -0.274. The number of hydrazone groups is 1. The zero-order chi connectivity index (χ0) is 21.3. The number of aromatic nitrogens is 1. The van der Waals surface area contributed by atoms with E-state index in [1.807, 2.05) is 0 Å². The Kier molecular flexibility index (Phi) is 5.12. The summed E-state index contributed by atoms with van der Waals surface area (Å²) < 4.78 is 41.4. The van der Waals surface area contributed by atoms with Crippen molar-refractivity contribution in [2.24, 2.45) is 5.10 Å². The summed E-state index contributed by atoms with van der Waals surface area (Å²) in [5.74, 6) is -1.13. The van der Waals surface area contributed by atoms with Crippen LogP contribution in [0.15, 0.2) is 53.6 Å². The molecule has 0 bridgehead atoms. The molecule has 0 aliphatic carbocycles. The second-order valence-corrected chi connectivity index (χ2v) is 7.27. The number of fused-ring (bicyclic) bond motifs is 1. The Hall–Kier alpha value is -3.47. The first-order chi connectivity index (χ1) is 14.3. The summed E-state index contributed by atoms with van der Waals surface area (Å²) in [5.41, 5.74) is 1.11. The molecule has 1 aromatic heterocycles. The van der Waals surface area contributed by atoms with Gasteiger partial charge in [0.05, 0.1) is 15.9 Å². The largest absolute Gasteiger partial charge is 0.573 e. The minimum Gasteiger partial charge on any atom is -0.406 e. The number of thiazole rings is 1. The van der Waals surface area contributed by atoms with E-state index in [0.717, 1.165) is 17.4 Å². The van der Waals surface area contributed by atoms with Gasteiger partial charge >= 0.3 is 6.36 Å². The van der Waals surface area contributed by atoms with Gasteiger partial charge in [0.1, 0.15) is 11.5 Å². The zero-order valence-corrected chi connectivity index (χ0v) is 16.0. The molecule has 2 heterocycles. The van der Waals surface area contributed by atoms with E-state index in [4.69, 9.17) is 0 Å². The number of hydrogen-bond donors (Lipinski definition) is 1. The van der Waals surface area contributed by atoms with Crippen LogP contribution in [0.3, 0.4) is 0 Å². The van der Waals surface area contributed by atoms with E-state index in [9.17, 15) is 22.8 Å². The SMILES string of the molecule is O=C(Nc1nc2ccc(OC(F)(F)F)cc2s1)C1=NN(c2ccccc2)C(=O)CC1. The van der Waals surface area contributed by atoms with Crippen LogP contribution in [0, 0.1) is 0 Å². The number of carbonyl (C=O) groups is 2. The molecule has 0 unspecified atom stereocenters. The molecule has 2 amide bonds. The normalized spacial score (nSPS) is 14.6. The van der Waals surface area contributed by atoms with Crippen molar-refractivity contribution in [3.63, 3.8) is 0 Å². The molecule has 3 aromatic rings. The van der Waals surface area contributed by atoms with E-state index in [0.29, 0.717) is 15.9 Å². The van der Waals surface area contributed by atoms with Crippen molar-refractivity contribution in [3.05, 3.63) is 48.5 Å². The summed E-state index contributed by atoms with van der Waals surface area (Å²) in [4.78, 5) is 28.9. The van der Waals surface area contributed by atoms with E-state index in [1.54, 1.807) is 30.3 Å². The highest BCUT2D eigenvalue weighted by Crippen LogP contribution is 2.31. The van der Waals surface area contributed by atoms with Gasteiger partial charge in [-0.1, -0.05) is 29.5 Å². The molecular weight excluding hydrogens is 421 g/mol. The predicted octanol–water partition coefficient (Wildman–Crippen LogP) is 4.32. The van der Waals surface area contributed by atoms with Crippen LogP contribution in [0.25, 0.3) is 10.2 Å². The molecule has 4 rings (SSSR count). The third kappa shape index (κ3) is 4.40. The maximum absolute atomic E-state index is 12.6. The Morgan fingerprint density at radius 2 is 1.90 bits per heavy atom. The highest BCUT2D eigenvalue weighted by atomic mass is 32.1. The molecule has 1 aliphatic rings. The lowest BCUT2D eigenvalue weighted by Crippen LogP contribution is -2.36. The number of para-hydroxylation sites is 1. The summed E-state index contributed by atoms with van der Waals surface area (Å²) in [7, 11) is 0. The summed E-state index contributed by atoms with van der Waals surface area (Å²) in [6.07, 6.45) is -4.50. The lowest BCUT2D eigenvalue weighted by Gasteiger charge is -2.22. The summed E-state index contributed by atoms with van der Waals surface area (Å²) >= 11 is 1.00. The van der Waals surface area contributed by atoms with E-state index < -0.39 is 12.3 Å². The molecule has 0 atom stereocenters. The Bertz CT molecular complexity index is 1140. The molecule has 0 saturated carbocycles. The molecule has 0 fully saturated rings. The molecule has 1 aliphatic heterocycles. The Labute approximate surface area is 171 Å². The average Bonchev–Trinajstić information content (AvgIpc) is 3.09. The number of anilines is 2. The number of ether oxygens (including phenoxy) is 1. The van der Waals surface area contributed by atoms with Gasteiger partial charge in [-0.15, -0.1) is 13.2 Å². The first kappa shape index (κ1) is 19.8. The number of hydrogen-bond acceptors (Lipinski definition) is 6. The Morgan fingerprint density at radius 1 is 1.13 bits per heavy atom. The fraction of sp³-hybridized carbons (Fsp3) is 0.158. The second kappa shape index (κ2) is 7.75. The van der Waals surface area contributed by atoms with Gasteiger partial charge in [-0.2, -0.15) is 5.10 Å². The van der Waals surface area contributed by atoms with Gasteiger partial charge in [0.15, 0.2) is 5.13 Å². The number of nitrogens with one attached hydrogen (secondary N) is 1. The van der Waals surface area contributed by atoms with Gasteiger partial charge in [0.2, 0.25) is 5.91 Å². The van der Waals surface area contributed by atoms with Crippen LogP contribution in [0.1, 0.15) is 12.8 Å². The minimum absolute atomic E-state index is 0.124. The van der Waals surface area contributed by atoms with Gasteiger partial charge in [-0.05, 0) is 24.3 Å². The third-order valence-electron chi connectivity index (χ3n) is 4.11. The second-order valence-electron chi connectivity index (χ2n) is 6.24. The van der Waals surface area contributed by atoms with Crippen molar-refractivity contribution in [3.8, 4) is 5.75 Å². The quantitative estimate of drug-likeness (QED) is 0.663. The molecule has 1 N–H and O–H groups in total. The van der Waals surface area contributed by atoms with E-state index >= 15 is 0 Å². The van der Waals surface area contributed by atoms with Gasteiger partial charge in [-0.3, -0.25) is 14.9 Å². The molecular formula is C19H13F3N4O3S. The van der Waals surface area contributed by atoms with Gasteiger partial charge in [0, 0.05) is 18.9 Å². The number of amides is 2. The van der Waals surface area contributed by atoms with Crippen molar-refractivity contribution in [1.82, 2.24) is 4.98 Å². The maximum atomic E-state index is 12.6. The third-order valence-corrected chi connectivity index (χ3v) is 5.04. The van der Waals surface area contributed by atoms with Crippen molar-refractivity contribution in [2.75, 3.05) is 10.3 Å². The highest BCUT2D eigenvalue weighted by molar-refractivity contribution is 7.22. The number of alkyl halides is 3. The minimum atomic E-state index is -4.80. The number of carbonyl (C=O) groups excluding carboxylic acids is 2. The van der Waals surface area contributed by atoms with Crippen molar-refractivity contribution < 1.29 is 27.5 Å². The van der Waals surface area contributed by atoms with Gasteiger partial charge in [0.25, 0.3) is 5.91 Å². The zero-order valence-electron chi connectivity index (χ0n) is 15.1. The standard InChI is InChI=1S/C19H13F3N4O3S/c20-19(21,22)29-12-6-7-13-15(10-12)30-18(23-13)24-17(28)14-8-9-16(27)26(25-14)11-4-2-1-3-5-11/h1-7,10H,8-9H2,(H,23,24,28). The van der Waals surface area contributed by atoms with Crippen LogP contribution in [-0.4, -0.2) is 28.9 Å². The van der Waals surface area contributed by atoms with Crippen LogP contribution in [0.4, 0.5) is 24.0 Å². The molecule has 154 valence electrons.